The fourth-order valence-corrected chi connectivity index (χ4v) is 2.33. The van der Waals surface area contributed by atoms with Crippen molar-refractivity contribution in [1.82, 2.24) is 9.55 Å². The van der Waals surface area contributed by atoms with Crippen molar-refractivity contribution in [3.05, 3.63) is 23.8 Å². The summed E-state index contributed by atoms with van der Waals surface area (Å²) < 4.78 is 7.55. The molecule has 0 bridgehead atoms. The Labute approximate surface area is 119 Å². The summed E-state index contributed by atoms with van der Waals surface area (Å²) in [7, 11) is 0. The van der Waals surface area contributed by atoms with Crippen molar-refractivity contribution in [3.8, 4) is 6.07 Å². The normalized spacial score (nSPS) is 12.8. The lowest BCUT2D eigenvalue weighted by molar-refractivity contribution is 0.0987. The second-order valence-corrected chi connectivity index (χ2v) is 5.13. The number of anilines is 1. The molecule has 1 unspecified atom stereocenters. The highest BCUT2D eigenvalue weighted by atomic mass is 16.5. The van der Waals surface area contributed by atoms with E-state index < -0.39 is 0 Å². The molecule has 1 heterocycles. The summed E-state index contributed by atoms with van der Waals surface area (Å²) in [5, 5.41) is 9.05. The summed E-state index contributed by atoms with van der Waals surface area (Å²) in [6, 6.07) is 7.68. The van der Waals surface area contributed by atoms with Gasteiger partial charge in [0.1, 0.15) is 0 Å². The van der Waals surface area contributed by atoms with Gasteiger partial charge in [-0.1, -0.05) is 13.8 Å². The Bertz CT molecular complexity index is 639. The molecule has 20 heavy (non-hydrogen) atoms. The van der Waals surface area contributed by atoms with Gasteiger partial charge in [-0.15, -0.1) is 0 Å². The largest absolute Gasteiger partial charge is 0.380 e. The predicted octanol–water partition coefficient (Wildman–Crippen LogP) is 2.72. The first-order valence-corrected chi connectivity index (χ1v) is 6.83. The summed E-state index contributed by atoms with van der Waals surface area (Å²) >= 11 is 0. The molecule has 2 rings (SSSR count). The number of imidazole rings is 1. The second-order valence-electron chi connectivity index (χ2n) is 5.13. The summed E-state index contributed by atoms with van der Waals surface area (Å²) in [5.41, 5.74) is 8.38. The molecule has 2 aromatic rings. The third-order valence-electron chi connectivity index (χ3n) is 3.44. The average Bonchev–Trinajstić information content (AvgIpc) is 2.74. The number of hydrogen-bond donors (Lipinski definition) is 1. The number of ether oxygens (including phenoxy) is 1. The maximum Gasteiger partial charge on any atom is 0.201 e. The van der Waals surface area contributed by atoms with Gasteiger partial charge in [0.05, 0.1) is 35.3 Å². The minimum absolute atomic E-state index is 0.105. The molecule has 0 saturated heterocycles. The van der Waals surface area contributed by atoms with Crippen LogP contribution in [0.5, 0.6) is 0 Å². The van der Waals surface area contributed by atoms with Crippen LogP contribution in [0.1, 0.15) is 32.4 Å². The lowest BCUT2D eigenvalue weighted by atomic mass is 10.0. The van der Waals surface area contributed by atoms with E-state index in [0.29, 0.717) is 30.6 Å². The molecule has 1 aromatic carbocycles. The van der Waals surface area contributed by atoms with Crippen molar-refractivity contribution in [2.75, 3.05) is 18.9 Å². The standard InChI is InChI=1S/C15H20N4O/c1-4-20-9-14(10(2)3)19-13-7-11(8-16)5-6-12(13)18-15(19)17/h5-7,10,14H,4,9H2,1-3H3,(H2,17,18). The molecular weight excluding hydrogens is 252 g/mol. The number of benzene rings is 1. The first-order chi connectivity index (χ1) is 9.58. The van der Waals surface area contributed by atoms with E-state index in [0.717, 1.165) is 11.0 Å². The number of nitrogen functional groups attached to an aromatic ring is 1. The van der Waals surface area contributed by atoms with E-state index in [4.69, 9.17) is 15.7 Å². The van der Waals surface area contributed by atoms with Crippen LogP contribution in [0.15, 0.2) is 18.2 Å². The van der Waals surface area contributed by atoms with Crippen LogP contribution >= 0.6 is 0 Å². The maximum absolute atomic E-state index is 9.05. The van der Waals surface area contributed by atoms with E-state index in [1.54, 1.807) is 6.07 Å². The first-order valence-electron chi connectivity index (χ1n) is 6.83. The SMILES string of the molecule is CCOCC(C(C)C)n1c(N)nc2ccc(C#N)cc21. The van der Waals surface area contributed by atoms with E-state index in [-0.39, 0.29) is 6.04 Å². The highest BCUT2D eigenvalue weighted by Gasteiger charge is 2.21. The van der Waals surface area contributed by atoms with Gasteiger partial charge in [-0.2, -0.15) is 5.26 Å². The van der Waals surface area contributed by atoms with Gasteiger partial charge in [-0.05, 0) is 31.0 Å². The predicted molar refractivity (Wildman–Crippen MR) is 79.2 cm³/mol. The number of aromatic nitrogens is 2. The van der Waals surface area contributed by atoms with Gasteiger partial charge in [0.2, 0.25) is 5.95 Å². The molecule has 0 aliphatic heterocycles. The molecule has 2 N–H and O–H groups in total. The molecule has 0 amide bonds. The van der Waals surface area contributed by atoms with Crippen molar-refractivity contribution in [2.45, 2.75) is 26.8 Å². The molecule has 5 nitrogen and oxygen atoms in total. The van der Waals surface area contributed by atoms with Crippen molar-refractivity contribution >= 4 is 17.0 Å². The maximum atomic E-state index is 9.05. The number of rotatable bonds is 5. The topological polar surface area (TPSA) is 76.9 Å². The van der Waals surface area contributed by atoms with Crippen molar-refractivity contribution in [1.29, 1.82) is 5.26 Å². The Morgan fingerprint density at radius 2 is 2.20 bits per heavy atom. The van der Waals surface area contributed by atoms with Crippen LogP contribution in [0.3, 0.4) is 0 Å². The van der Waals surface area contributed by atoms with Crippen molar-refractivity contribution in [3.63, 3.8) is 0 Å². The number of fused-ring (bicyclic) bond motifs is 1. The molecular formula is C15H20N4O. The summed E-state index contributed by atoms with van der Waals surface area (Å²) in [5.74, 6) is 0.820. The summed E-state index contributed by atoms with van der Waals surface area (Å²) in [4.78, 5) is 4.38. The lowest BCUT2D eigenvalue weighted by Gasteiger charge is -2.24. The third-order valence-corrected chi connectivity index (χ3v) is 3.44. The van der Waals surface area contributed by atoms with E-state index >= 15 is 0 Å². The zero-order valence-corrected chi connectivity index (χ0v) is 12.1. The van der Waals surface area contributed by atoms with Gasteiger partial charge in [-0.3, -0.25) is 0 Å². The monoisotopic (exact) mass is 272 g/mol. The quantitative estimate of drug-likeness (QED) is 0.907. The van der Waals surface area contributed by atoms with E-state index in [2.05, 4.69) is 24.9 Å². The number of hydrogen-bond acceptors (Lipinski definition) is 4. The van der Waals surface area contributed by atoms with Crippen LogP contribution in [0.25, 0.3) is 11.0 Å². The minimum Gasteiger partial charge on any atom is -0.380 e. The number of nitrogens with zero attached hydrogens (tertiary/aromatic N) is 3. The number of nitriles is 1. The fraction of sp³-hybridized carbons (Fsp3) is 0.467. The molecule has 0 aliphatic carbocycles. The highest BCUT2D eigenvalue weighted by molar-refractivity contribution is 5.80. The van der Waals surface area contributed by atoms with Crippen molar-refractivity contribution < 1.29 is 4.74 Å². The zero-order chi connectivity index (χ0) is 14.7. The van der Waals surface area contributed by atoms with E-state index in [9.17, 15) is 0 Å². The van der Waals surface area contributed by atoms with Crippen LogP contribution in [-0.2, 0) is 4.74 Å². The second kappa shape index (κ2) is 5.93. The van der Waals surface area contributed by atoms with Crippen LogP contribution in [0, 0.1) is 17.2 Å². The fourth-order valence-electron chi connectivity index (χ4n) is 2.33. The van der Waals surface area contributed by atoms with Crippen LogP contribution in [0.4, 0.5) is 5.95 Å². The average molecular weight is 272 g/mol. The van der Waals surface area contributed by atoms with Crippen molar-refractivity contribution in [2.24, 2.45) is 5.92 Å². The molecule has 0 aliphatic rings. The Balaban J connectivity index is 2.55. The van der Waals surface area contributed by atoms with E-state index in [1.165, 1.54) is 0 Å². The van der Waals surface area contributed by atoms with Gasteiger partial charge in [0.15, 0.2) is 0 Å². The zero-order valence-electron chi connectivity index (χ0n) is 12.1. The third kappa shape index (κ3) is 2.61. The molecule has 0 radical (unpaired) electrons. The van der Waals surface area contributed by atoms with Gasteiger partial charge in [-0.25, -0.2) is 4.98 Å². The first kappa shape index (κ1) is 14.4. The molecule has 106 valence electrons. The molecule has 1 atom stereocenters. The van der Waals surface area contributed by atoms with Gasteiger partial charge in [0, 0.05) is 6.61 Å². The minimum atomic E-state index is 0.105. The van der Waals surface area contributed by atoms with Gasteiger partial charge < -0.3 is 15.0 Å². The number of nitrogens with two attached hydrogens (primary N) is 1. The van der Waals surface area contributed by atoms with Crippen LogP contribution in [0.2, 0.25) is 0 Å². The molecule has 0 fully saturated rings. The summed E-state index contributed by atoms with van der Waals surface area (Å²) in [6.07, 6.45) is 0. The Hall–Kier alpha value is -2.06. The molecule has 0 saturated carbocycles. The molecule has 0 spiro atoms. The molecule has 1 aromatic heterocycles. The Morgan fingerprint density at radius 3 is 2.80 bits per heavy atom. The summed E-state index contributed by atoms with van der Waals surface area (Å²) in [6.45, 7) is 7.48. The van der Waals surface area contributed by atoms with E-state index in [1.807, 2.05) is 23.6 Å². The molecule has 5 heteroatoms. The lowest BCUT2D eigenvalue weighted by Crippen LogP contribution is -2.22. The van der Waals surface area contributed by atoms with Crippen LogP contribution in [-0.4, -0.2) is 22.8 Å². The highest BCUT2D eigenvalue weighted by Crippen LogP contribution is 2.28. The van der Waals surface area contributed by atoms with Crippen LogP contribution < -0.4 is 5.73 Å². The Kier molecular flexibility index (Phi) is 4.26. The Morgan fingerprint density at radius 1 is 1.45 bits per heavy atom. The van der Waals surface area contributed by atoms with Gasteiger partial charge in [0.25, 0.3) is 0 Å². The van der Waals surface area contributed by atoms with Gasteiger partial charge >= 0.3 is 0 Å². The smallest absolute Gasteiger partial charge is 0.201 e.